The van der Waals surface area contributed by atoms with Crippen molar-refractivity contribution in [1.29, 1.82) is 0 Å². The fraction of sp³-hybridized carbons (Fsp3) is 0.158. The number of halogens is 2. The molecule has 0 aromatic heterocycles. The molecule has 2 radical (unpaired) electrons. The van der Waals surface area contributed by atoms with Crippen LogP contribution < -0.4 is 0 Å². The minimum atomic E-state index is -0.613. The molecule has 2 nitrogen and oxygen atoms in total. The number of amides is 1. The van der Waals surface area contributed by atoms with E-state index in [2.05, 4.69) is 55.6 Å². The second-order valence-electron chi connectivity index (χ2n) is 4.87. The first-order valence-electron chi connectivity index (χ1n) is 7.48. The summed E-state index contributed by atoms with van der Waals surface area (Å²) in [6.45, 7) is 6.13. The van der Waals surface area contributed by atoms with E-state index in [1.807, 2.05) is 19.1 Å². The van der Waals surface area contributed by atoms with Crippen molar-refractivity contribution >= 4 is 44.8 Å². The number of hydrogen-bond donors (Lipinski definition) is 0. The van der Waals surface area contributed by atoms with Gasteiger partial charge in [0, 0.05) is 15.1 Å². The van der Waals surface area contributed by atoms with E-state index in [1.54, 1.807) is 12.1 Å². The standard InChI is InChI=1S/C9H7.C8H9NO.C2H6Si.2ClH.Ti/c1-2-5-9-7-3-6-8(9)4-1;1-6-4-2-3-5-7(6)8(9)10;1-3-2;;;/h1-7H;2-5H,1H3,(H2,9,10);1-2H3;2*1H;/q-1;;;;;+2/p-3. The molecule has 0 saturated heterocycles. The van der Waals surface area contributed by atoms with Gasteiger partial charge in [-0.05, 0) is 12.5 Å². The molecule has 0 fully saturated rings. The topological polar surface area (TPSA) is 40.9 Å². The molecular formula is C19H21Cl2NOSiTi-2. The van der Waals surface area contributed by atoms with Crippen LogP contribution in [0.25, 0.3) is 16.5 Å². The maximum atomic E-state index is 10.5. The molecule has 3 rings (SSSR count). The van der Waals surface area contributed by atoms with Crippen LogP contribution in [0.2, 0.25) is 13.1 Å². The van der Waals surface area contributed by atoms with Gasteiger partial charge in [-0.2, -0.15) is 17.5 Å². The molecule has 1 N–H and O–H groups in total. The zero-order valence-electron chi connectivity index (χ0n) is 14.5. The minimum Gasteiger partial charge on any atom is -0.168 e. The average Bonchev–Trinajstić information content (AvgIpc) is 3.06. The van der Waals surface area contributed by atoms with Crippen molar-refractivity contribution < 1.29 is 21.8 Å². The van der Waals surface area contributed by atoms with Gasteiger partial charge in [-0.3, -0.25) is 0 Å². The van der Waals surface area contributed by atoms with E-state index < -0.39 is 22.9 Å². The van der Waals surface area contributed by atoms with E-state index in [0.717, 1.165) is 15.1 Å². The first-order chi connectivity index (χ1) is 12.0. The fourth-order valence-electron chi connectivity index (χ4n) is 1.90. The summed E-state index contributed by atoms with van der Waals surface area (Å²) in [6, 6.07) is 21.8. The SMILES string of the molecule is C[Si]C.Cc1ccccc1C([NH-])=O.[Cl][Ti][Cl].c1ccc2[cH-]ccc2c1. The van der Waals surface area contributed by atoms with Gasteiger partial charge in [-0.15, -0.1) is 29.7 Å². The van der Waals surface area contributed by atoms with Crippen molar-refractivity contribution in [1.82, 2.24) is 0 Å². The van der Waals surface area contributed by atoms with Crippen molar-refractivity contribution in [3.8, 4) is 0 Å². The molecule has 0 aliphatic heterocycles. The average molecular weight is 426 g/mol. The van der Waals surface area contributed by atoms with Crippen LogP contribution in [0.15, 0.2) is 66.7 Å². The summed E-state index contributed by atoms with van der Waals surface area (Å²) in [5.41, 5.74) is 8.17. The predicted molar refractivity (Wildman–Crippen MR) is 109 cm³/mol. The van der Waals surface area contributed by atoms with E-state index in [1.165, 1.54) is 10.8 Å². The van der Waals surface area contributed by atoms with E-state index in [4.69, 9.17) is 24.3 Å². The number of aryl methyl sites for hydroxylation is 1. The number of carbonyl (C=O) groups excluding carboxylic acids is 1. The normalized spacial score (nSPS) is 8.68. The van der Waals surface area contributed by atoms with Crippen molar-refractivity contribution in [3.63, 3.8) is 0 Å². The monoisotopic (exact) mass is 425 g/mol. The number of carbonyl (C=O) groups is 1. The van der Waals surface area contributed by atoms with E-state index in [0.29, 0.717) is 5.56 Å². The van der Waals surface area contributed by atoms with Crippen molar-refractivity contribution in [2.75, 3.05) is 0 Å². The molecule has 25 heavy (non-hydrogen) atoms. The van der Waals surface area contributed by atoms with Gasteiger partial charge in [0.15, 0.2) is 0 Å². The summed E-state index contributed by atoms with van der Waals surface area (Å²) in [5, 5.41) is 2.66. The second-order valence-corrected chi connectivity index (χ2v) is 8.45. The Morgan fingerprint density at radius 3 is 2.04 bits per heavy atom. The smallest absolute Gasteiger partial charge is 0.0809 e. The molecule has 3 aromatic carbocycles. The van der Waals surface area contributed by atoms with Gasteiger partial charge >= 0.3 is 35.6 Å². The van der Waals surface area contributed by atoms with Crippen LogP contribution in [-0.4, -0.2) is 15.4 Å². The Hall–Kier alpha value is -0.969. The van der Waals surface area contributed by atoms with Crippen LogP contribution in [0.1, 0.15) is 15.9 Å². The van der Waals surface area contributed by atoms with E-state index in [9.17, 15) is 4.79 Å². The zero-order valence-corrected chi connectivity index (χ0v) is 18.6. The van der Waals surface area contributed by atoms with E-state index >= 15 is 0 Å². The van der Waals surface area contributed by atoms with Crippen LogP contribution in [0.3, 0.4) is 0 Å². The third kappa shape index (κ3) is 10.6. The van der Waals surface area contributed by atoms with Gasteiger partial charge in [0.2, 0.25) is 0 Å². The predicted octanol–water partition coefficient (Wildman–Crippen LogP) is 6.91. The summed E-state index contributed by atoms with van der Waals surface area (Å²) in [6.07, 6.45) is 0. The molecule has 132 valence electrons. The number of hydrogen-bond acceptors (Lipinski definition) is 1. The van der Waals surface area contributed by atoms with Gasteiger partial charge in [0.05, 0.1) is 5.91 Å². The Balaban J connectivity index is 0.000000354. The van der Waals surface area contributed by atoms with Gasteiger partial charge in [-0.1, -0.05) is 43.4 Å². The quantitative estimate of drug-likeness (QED) is 0.308. The largest absolute Gasteiger partial charge is 0.168 e. The molecule has 1 amide bonds. The summed E-state index contributed by atoms with van der Waals surface area (Å²) < 4.78 is 0. The number of benzene rings is 2. The van der Waals surface area contributed by atoms with Crippen LogP contribution in [0.5, 0.6) is 0 Å². The molecule has 0 heterocycles. The number of rotatable bonds is 1. The molecule has 3 aromatic rings. The Labute approximate surface area is 169 Å². The molecule has 0 atom stereocenters. The molecule has 0 unspecified atom stereocenters. The maximum absolute atomic E-state index is 10.5. The Kier molecular flexibility index (Phi) is 14.7. The molecule has 0 spiro atoms. The Bertz CT molecular complexity index is 702. The third-order valence-electron chi connectivity index (χ3n) is 2.94. The van der Waals surface area contributed by atoms with Crippen LogP contribution in [0.4, 0.5) is 0 Å². The van der Waals surface area contributed by atoms with Gasteiger partial charge in [0.25, 0.3) is 0 Å². The minimum absolute atomic E-state index is 0.488. The summed E-state index contributed by atoms with van der Waals surface area (Å²) in [5.74, 6) is -0.613. The molecular weight excluding hydrogens is 405 g/mol. The van der Waals surface area contributed by atoms with Gasteiger partial charge < -0.3 is 10.5 Å². The summed E-state index contributed by atoms with van der Waals surface area (Å²) in [7, 11) is 10.9. The fourth-order valence-corrected chi connectivity index (χ4v) is 1.90. The Morgan fingerprint density at radius 1 is 1.04 bits per heavy atom. The number of fused-ring (bicyclic) bond motifs is 1. The molecule has 0 aliphatic rings. The number of nitrogens with one attached hydrogen (secondary N) is 1. The summed E-state index contributed by atoms with van der Waals surface area (Å²) >= 11 is -0.556. The zero-order chi connectivity index (χ0) is 19.1. The molecule has 6 heteroatoms. The van der Waals surface area contributed by atoms with E-state index in [-0.39, 0.29) is 0 Å². The van der Waals surface area contributed by atoms with Gasteiger partial charge in [0.1, 0.15) is 0 Å². The third-order valence-corrected chi connectivity index (χ3v) is 2.94. The molecule has 0 aliphatic carbocycles. The van der Waals surface area contributed by atoms with Gasteiger partial charge in [-0.25, -0.2) is 0 Å². The Morgan fingerprint density at radius 2 is 1.56 bits per heavy atom. The first kappa shape index (κ1) is 24.0. The molecule has 0 bridgehead atoms. The molecule has 0 saturated carbocycles. The van der Waals surface area contributed by atoms with Crippen molar-refractivity contribution in [3.05, 3.63) is 83.6 Å². The summed E-state index contributed by atoms with van der Waals surface area (Å²) in [4.78, 5) is 10.5. The van der Waals surface area contributed by atoms with Crippen molar-refractivity contribution in [2.45, 2.75) is 20.0 Å². The van der Waals surface area contributed by atoms with Crippen molar-refractivity contribution in [2.24, 2.45) is 0 Å². The maximum Gasteiger partial charge on any atom is -0.0809 e. The van der Waals surface area contributed by atoms with Crippen LogP contribution in [0, 0.1) is 6.92 Å². The second kappa shape index (κ2) is 15.3. The van der Waals surface area contributed by atoms with Crippen LogP contribution >= 0.6 is 18.6 Å². The first-order valence-corrected chi connectivity index (χ1v) is 13.8. The van der Waals surface area contributed by atoms with Crippen LogP contribution in [-0.2, 0) is 17.0 Å².